The third-order valence-electron chi connectivity index (χ3n) is 5.78. The summed E-state index contributed by atoms with van der Waals surface area (Å²) in [4.78, 5) is 21.5. The van der Waals surface area contributed by atoms with E-state index in [9.17, 15) is 4.79 Å². The van der Waals surface area contributed by atoms with Crippen molar-refractivity contribution in [2.75, 3.05) is 39.4 Å². The molecule has 7 heteroatoms. The van der Waals surface area contributed by atoms with Crippen molar-refractivity contribution >= 4 is 5.91 Å². The molecular formula is C23H32N4O3. The number of ether oxygens (including phenoxy) is 1. The fourth-order valence-electron chi connectivity index (χ4n) is 3.75. The van der Waals surface area contributed by atoms with E-state index in [-0.39, 0.29) is 5.91 Å². The van der Waals surface area contributed by atoms with E-state index in [4.69, 9.17) is 9.15 Å². The smallest absolute Gasteiger partial charge is 0.273 e. The molecular weight excluding hydrogens is 380 g/mol. The molecule has 0 atom stereocenters. The van der Waals surface area contributed by atoms with Crippen molar-refractivity contribution in [3.63, 3.8) is 0 Å². The Bertz CT molecular complexity index is 856. The molecule has 1 aromatic heterocycles. The zero-order chi connectivity index (χ0) is 20.9. The SMILES string of the molecule is Cc1ccc(CN(CCN2CCOCC2)Cc2nc(C(=O)NC3CC3)co2)c(C)c1. The number of hydrogen-bond acceptors (Lipinski definition) is 6. The summed E-state index contributed by atoms with van der Waals surface area (Å²) in [7, 11) is 0. The van der Waals surface area contributed by atoms with E-state index in [1.807, 2.05) is 0 Å². The van der Waals surface area contributed by atoms with E-state index in [0.29, 0.717) is 24.2 Å². The number of aryl methyl sites for hydroxylation is 2. The van der Waals surface area contributed by atoms with Crippen molar-refractivity contribution in [1.29, 1.82) is 0 Å². The molecule has 4 rings (SSSR count). The molecule has 30 heavy (non-hydrogen) atoms. The van der Waals surface area contributed by atoms with Crippen LogP contribution in [0.1, 0.15) is 45.9 Å². The van der Waals surface area contributed by atoms with Gasteiger partial charge in [0.15, 0.2) is 5.69 Å². The van der Waals surface area contributed by atoms with Crippen LogP contribution in [-0.4, -0.2) is 66.1 Å². The van der Waals surface area contributed by atoms with Crippen molar-refractivity contribution < 1.29 is 13.9 Å². The summed E-state index contributed by atoms with van der Waals surface area (Å²) in [5.74, 6) is 0.449. The monoisotopic (exact) mass is 412 g/mol. The van der Waals surface area contributed by atoms with Gasteiger partial charge in [0.05, 0.1) is 19.8 Å². The van der Waals surface area contributed by atoms with Crippen molar-refractivity contribution in [3.8, 4) is 0 Å². The Morgan fingerprint density at radius 2 is 2.03 bits per heavy atom. The van der Waals surface area contributed by atoms with E-state index >= 15 is 0 Å². The molecule has 1 amide bonds. The maximum atomic E-state index is 12.2. The van der Waals surface area contributed by atoms with Gasteiger partial charge in [-0.15, -0.1) is 0 Å². The lowest BCUT2D eigenvalue weighted by atomic mass is 10.1. The molecule has 1 N–H and O–H groups in total. The van der Waals surface area contributed by atoms with E-state index in [1.165, 1.54) is 23.0 Å². The molecule has 1 aliphatic carbocycles. The van der Waals surface area contributed by atoms with Crippen molar-refractivity contribution in [1.82, 2.24) is 20.1 Å². The number of carbonyl (C=O) groups is 1. The van der Waals surface area contributed by atoms with Gasteiger partial charge in [-0.05, 0) is 37.8 Å². The molecule has 2 fully saturated rings. The lowest BCUT2D eigenvalue weighted by Gasteiger charge is -2.30. The lowest BCUT2D eigenvalue weighted by Crippen LogP contribution is -2.41. The van der Waals surface area contributed by atoms with Gasteiger partial charge in [-0.1, -0.05) is 23.8 Å². The molecule has 2 heterocycles. The average molecular weight is 413 g/mol. The molecule has 162 valence electrons. The van der Waals surface area contributed by atoms with Crippen LogP contribution in [0.3, 0.4) is 0 Å². The molecule has 2 aromatic rings. The van der Waals surface area contributed by atoms with Crippen molar-refractivity contribution in [3.05, 3.63) is 52.7 Å². The summed E-state index contributed by atoms with van der Waals surface area (Å²) in [6.07, 6.45) is 3.59. The molecule has 7 nitrogen and oxygen atoms in total. The summed E-state index contributed by atoms with van der Waals surface area (Å²) in [6, 6.07) is 6.90. The minimum Gasteiger partial charge on any atom is -0.447 e. The Hall–Kier alpha value is -2.22. The number of benzene rings is 1. The zero-order valence-corrected chi connectivity index (χ0v) is 18.0. The number of nitrogens with one attached hydrogen (secondary N) is 1. The molecule has 1 saturated heterocycles. The molecule has 2 aliphatic rings. The molecule has 0 radical (unpaired) electrons. The number of hydrogen-bond donors (Lipinski definition) is 1. The topological polar surface area (TPSA) is 70.8 Å². The third-order valence-corrected chi connectivity index (χ3v) is 5.78. The Labute approximate surface area is 178 Å². The fraction of sp³-hybridized carbons (Fsp3) is 0.565. The Morgan fingerprint density at radius 3 is 2.77 bits per heavy atom. The Morgan fingerprint density at radius 1 is 1.23 bits per heavy atom. The quantitative estimate of drug-likeness (QED) is 0.683. The molecule has 0 unspecified atom stereocenters. The number of nitrogens with zero attached hydrogens (tertiary/aromatic N) is 3. The summed E-state index contributed by atoms with van der Waals surface area (Å²) in [5, 5.41) is 2.96. The summed E-state index contributed by atoms with van der Waals surface area (Å²) < 4.78 is 11.1. The van der Waals surface area contributed by atoms with E-state index in [1.54, 1.807) is 0 Å². The first-order valence-corrected chi connectivity index (χ1v) is 10.9. The van der Waals surface area contributed by atoms with Gasteiger partial charge in [-0.2, -0.15) is 0 Å². The van der Waals surface area contributed by atoms with Crippen LogP contribution in [0.25, 0.3) is 0 Å². The number of oxazole rings is 1. The molecule has 0 bridgehead atoms. The highest BCUT2D eigenvalue weighted by molar-refractivity contribution is 5.92. The first kappa shape index (κ1) is 21.0. The summed E-state index contributed by atoms with van der Waals surface area (Å²) in [5.41, 5.74) is 4.25. The number of carbonyl (C=O) groups excluding carboxylic acids is 1. The van der Waals surface area contributed by atoms with E-state index in [0.717, 1.165) is 58.8 Å². The van der Waals surface area contributed by atoms with E-state index < -0.39 is 0 Å². The van der Waals surface area contributed by atoms with Crippen molar-refractivity contribution in [2.45, 2.75) is 45.8 Å². The van der Waals surface area contributed by atoms with Gasteiger partial charge >= 0.3 is 0 Å². The molecule has 1 saturated carbocycles. The standard InChI is InChI=1S/C23H32N4O3/c1-17-3-4-19(18(2)13-17)14-27(8-7-26-9-11-29-12-10-26)15-22-25-21(16-30-22)23(28)24-20-5-6-20/h3-4,13,16,20H,5-12,14-15H2,1-2H3,(H,24,28). The minimum absolute atomic E-state index is 0.137. The molecule has 0 spiro atoms. The van der Waals surface area contributed by atoms with Crippen LogP contribution < -0.4 is 5.32 Å². The number of aromatic nitrogens is 1. The van der Waals surface area contributed by atoms with Gasteiger partial charge in [0.25, 0.3) is 5.91 Å². The van der Waals surface area contributed by atoms with Gasteiger partial charge in [0.1, 0.15) is 6.26 Å². The molecule has 1 aliphatic heterocycles. The van der Waals surface area contributed by atoms with Crippen LogP contribution in [0.15, 0.2) is 28.9 Å². The van der Waals surface area contributed by atoms with Gasteiger partial charge in [-0.25, -0.2) is 4.98 Å². The average Bonchev–Trinajstić information content (AvgIpc) is 3.43. The van der Waals surface area contributed by atoms with Gasteiger partial charge in [-0.3, -0.25) is 14.6 Å². The van der Waals surface area contributed by atoms with Crippen LogP contribution in [0.2, 0.25) is 0 Å². The normalized spacial score (nSPS) is 17.4. The largest absolute Gasteiger partial charge is 0.447 e. The first-order valence-electron chi connectivity index (χ1n) is 10.9. The minimum atomic E-state index is -0.137. The van der Waals surface area contributed by atoms with Gasteiger partial charge < -0.3 is 14.5 Å². The van der Waals surface area contributed by atoms with E-state index in [2.05, 4.69) is 52.1 Å². The number of rotatable bonds is 9. The fourth-order valence-corrected chi connectivity index (χ4v) is 3.75. The summed E-state index contributed by atoms with van der Waals surface area (Å²) >= 11 is 0. The molecule has 1 aromatic carbocycles. The number of amides is 1. The summed E-state index contributed by atoms with van der Waals surface area (Å²) in [6.45, 7) is 11.1. The maximum absolute atomic E-state index is 12.2. The van der Waals surface area contributed by atoms with Crippen LogP contribution in [0.5, 0.6) is 0 Å². The second-order valence-corrected chi connectivity index (χ2v) is 8.47. The van der Waals surface area contributed by atoms with Crippen molar-refractivity contribution in [2.24, 2.45) is 0 Å². The second-order valence-electron chi connectivity index (χ2n) is 8.47. The first-order chi connectivity index (χ1) is 14.6. The van der Waals surface area contributed by atoms with Crippen LogP contribution in [0, 0.1) is 13.8 Å². The Kier molecular flexibility index (Phi) is 6.82. The predicted octanol–water partition coefficient (Wildman–Crippen LogP) is 2.52. The van der Waals surface area contributed by atoms with Gasteiger partial charge in [0, 0.05) is 38.8 Å². The third kappa shape index (κ3) is 5.90. The highest BCUT2D eigenvalue weighted by Crippen LogP contribution is 2.20. The number of morpholine rings is 1. The van der Waals surface area contributed by atoms with Crippen LogP contribution in [-0.2, 0) is 17.8 Å². The highest BCUT2D eigenvalue weighted by Gasteiger charge is 2.25. The van der Waals surface area contributed by atoms with Crippen LogP contribution in [0.4, 0.5) is 0 Å². The zero-order valence-electron chi connectivity index (χ0n) is 18.0. The highest BCUT2D eigenvalue weighted by atomic mass is 16.5. The maximum Gasteiger partial charge on any atom is 0.273 e. The predicted molar refractivity (Wildman–Crippen MR) is 114 cm³/mol. The Balaban J connectivity index is 1.41. The van der Waals surface area contributed by atoms with Crippen LogP contribution >= 0.6 is 0 Å². The van der Waals surface area contributed by atoms with Gasteiger partial charge in [0.2, 0.25) is 5.89 Å². The second kappa shape index (κ2) is 9.73. The lowest BCUT2D eigenvalue weighted by molar-refractivity contribution is 0.0320.